The van der Waals surface area contributed by atoms with Gasteiger partial charge in [0, 0.05) is 10.8 Å². The highest BCUT2D eigenvalue weighted by Crippen LogP contribution is 2.42. The van der Waals surface area contributed by atoms with Gasteiger partial charge in [0.1, 0.15) is 5.44 Å². The third kappa shape index (κ3) is 3.28. The molecule has 0 bridgehead atoms. The van der Waals surface area contributed by atoms with Crippen LogP contribution in [0.5, 0.6) is 0 Å². The van der Waals surface area contributed by atoms with E-state index < -0.39 is 0 Å². The number of benzene rings is 1. The second kappa shape index (κ2) is 6.60. The van der Waals surface area contributed by atoms with E-state index in [2.05, 4.69) is 26.0 Å². The summed E-state index contributed by atoms with van der Waals surface area (Å²) in [7, 11) is 0. The molecule has 2 rings (SSSR count). The Morgan fingerprint density at radius 2 is 2.06 bits per heavy atom. The third-order valence-corrected chi connectivity index (χ3v) is 4.70. The van der Waals surface area contributed by atoms with Crippen molar-refractivity contribution in [2.75, 3.05) is 0 Å². The smallest absolute Gasteiger partial charge is 0.115 e. The van der Waals surface area contributed by atoms with Gasteiger partial charge in [-0.2, -0.15) is 0 Å². The molecule has 1 fully saturated rings. The van der Waals surface area contributed by atoms with Crippen LogP contribution in [0.3, 0.4) is 0 Å². The molecular formula is C15H22O2S. The van der Waals surface area contributed by atoms with Crippen molar-refractivity contribution < 1.29 is 9.84 Å². The van der Waals surface area contributed by atoms with Gasteiger partial charge >= 0.3 is 0 Å². The lowest BCUT2D eigenvalue weighted by Crippen LogP contribution is -2.51. The lowest BCUT2D eigenvalue weighted by atomic mass is 9.89. The summed E-state index contributed by atoms with van der Waals surface area (Å²) in [5.41, 5.74) is 0.106. The maximum atomic E-state index is 10.2. The van der Waals surface area contributed by atoms with E-state index in [1.54, 1.807) is 11.8 Å². The predicted octanol–water partition coefficient (Wildman–Crippen LogP) is 3.69. The molecule has 0 aliphatic carbocycles. The van der Waals surface area contributed by atoms with E-state index in [0.29, 0.717) is 0 Å². The monoisotopic (exact) mass is 266 g/mol. The average Bonchev–Trinajstić information content (AvgIpc) is 2.36. The van der Waals surface area contributed by atoms with Crippen LogP contribution in [0.1, 0.15) is 33.1 Å². The second-order valence-electron chi connectivity index (χ2n) is 4.93. The molecule has 0 aromatic heterocycles. The molecule has 1 aliphatic heterocycles. The van der Waals surface area contributed by atoms with Crippen LogP contribution in [0, 0.1) is 5.92 Å². The van der Waals surface area contributed by atoms with Gasteiger partial charge in [0.15, 0.2) is 0 Å². The normalized spacial score (nSPS) is 28.7. The number of rotatable bonds is 6. The van der Waals surface area contributed by atoms with Crippen molar-refractivity contribution in [3.05, 3.63) is 30.3 Å². The van der Waals surface area contributed by atoms with Crippen molar-refractivity contribution in [2.45, 2.75) is 55.6 Å². The van der Waals surface area contributed by atoms with Gasteiger partial charge in [-0.1, -0.05) is 49.7 Å². The summed E-state index contributed by atoms with van der Waals surface area (Å²) in [5.74, 6) is 0.266. The molecule has 2 nitrogen and oxygen atoms in total. The molecule has 3 heteroatoms. The van der Waals surface area contributed by atoms with Gasteiger partial charge in [0.05, 0.1) is 12.2 Å². The maximum absolute atomic E-state index is 10.2. The minimum Gasteiger partial charge on any atom is -0.393 e. The van der Waals surface area contributed by atoms with Crippen LogP contribution in [0.25, 0.3) is 0 Å². The van der Waals surface area contributed by atoms with Crippen LogP contribution in [0.4, 0.5) is 0 Å². The molecule has 4 atom stereocenters. The zero-order valence-corrected chi connectivity index (χ0v) is 11.9. The fourth-order valence-corrected chi connectivity index (χ4v) is 3.74. The number of aliphatic hydroxyl groups is 1. The quantitative estimate of drug-likeness (QED) is 0.851. The Labute approximate surface area is 114 Å². The fraction of sp³-hybridized carbons (Fsp3) is 0.600. The van der Waals surface area contributed by atoms with Crippen LogP contribution < -0.4 is 0 Å². The number of aliphatic hydroxyl groups excluding tert-OH is 1. The van der Waals surface area contributed by atoms with Gasteiger partial charge in [0.2, 0.25) is 0 Å². The molecule has 1 N–H and O–H groups in total. The first kappa shape index (κ1) is 13.9. The minimum absolute atomic E-state index is 0.106. The molecule has 1 heterocycles. The van der Waals surface area contributed by atoms with Gasteiger partial charge in [-0.05, 0) is 25.5 Å². The Morgan fingerprint density at radius 1 is 1.33 bits per heavy atom. The second-order valence-corrected chi connectivity index (χ2v) is 6.10. The molecule has 0 spiro atoms. The van der Waals surface area contributed by atoms with Crippen LogP contribution in [0.15, 0.2) is 35.2 Å². The summed E-state index contributed by atoms with van der Waals surface area (Å²) in [6.07, 6.45) is 3.07. The Bertz CT molecular complexity index is 355. The van der Waals surface area contributed by atoms with Crippen molar-refractivity contribution in [1.82, 2.24) is 0 Å². The zero-order valence-electron chi connectivity index (χ0n) is 11.1. The Kier molecular flexibility index (Phi) is 5.10. The van der Waals surface area contributed by atoms with Crippen molar-refractivity contribution in [3.8, 4) is 0 Å². The standard InChI is InChI=1S/C15H22O2S/c1-3-4-10-13(16)14-11(2)17-15(14)18-12-8-6-5-7-9-12/h5-9,11,13-16H,3-4,10H2,1-2H3/t11-,13?,14+,15-/m0/s1. The number of hydrogen-bond acceptors (Lipinski definition) is 3. The Hall–Kier alpha value is -0.510. The Morgan fingerprint density at radius 3 is 2.67 bits per heavy atom. The highest BCUT2D eigenvalue weighted by Gasteiger charge is 2.44. The van der Waals surface area contributed by atoms with E-state index >= 15 is 0 Å². The first-order valence-electron chi connectivity index (χ1n) is 6.77. The lowest BCUT2D eigenvalue weighted by Gasteiger charge is -2.45. The highest BCUT2D eigenvalue weighted by atomic mass is 32.2. The first-order chi connectivity index (χ1) is 8.72. The molecule has 0 saturated carbocycles. The number of ether oxygens (including phenoxy) is 1. The van der Waals surface area contributed by atoms with Crippen LogP contribution >= 0.6 is 11.8 Å². The minimum atomic E-state index is -0.227. The molecule has 1 aliphatic rings. The van der Waals surface area contributed by atoms with Crippen molar-refractivity contribution in [1.29, 1.82) is 0 Å². The maximum Gasteiger partial charge on any atom is 0.115 e. The summed E-state index contributed by atoms with van der Waals surface area (Å²) in [6, 6.07) is 10.3. The molecule has 1 aromatic carbocycles. The Balaban J connectivity index is 1.89. The molecule has 1 unspecified atom stereocenters. The molecule has 0 radical (unpaired) electrons. The molecular weight excluding hydrogens is 244 g/mol. The lowest BCUT2D eigenvalue weighted by molar-refractivity contribution is -0.168. The van der Waals surface area contributed by atoms with E-state index in [1.165, 1.54) is 4.90 Å². The van der Waals surface area contributed by atoms with E-state index in [1.807, 2.05) is 18.2 Å². The summed E-state index contributed by atoms with van der Waals surface area (Å²) in [6.45, 7) is 4.21. The fourth-order valence-electron chi connectivity index (χ4n) is 2.36. The van der Waals surface area contributed by atoms with Crippen molar-refractivity contribution in [3.63, 3.8) is 0 Å². The number of thioether (sulfide) groups is 1. The molecule has 0 amide bonds. The van der Waals surface area contributed by atoms with Gasteiger partial charge < -0.3 is 9.84 Å². The van der Waals surface area contributed by atoms with Gasteiger partial charge in [-0.3, -0.25) is 0 Å². The summed E-state index contributed by atoms with van der Waals surface area (Å²) >= 11 is 1.72. The van der Waals surface area contributed by atoms with Gasteiger partial charge in [0.25, 0.3) is 0 Å². The van der Waals surface area contributed by atoms with E-state index in [9.17, 15) is 5.11 Å². The molecule has 18 heavy (non-hydrogen) atoms. The SMILES string of the molecule is CCCCC(O)[C@H]1[C@H](C)O[C@H]1Sc1ccccc1. The van der Waals surface area contributed by atoms with E-state index in [-0.39, 0.29) is 23.6 Å². The number of hydrogen-bond donors (Lipinski definition) is 1. The van der Waals surface area contributed by atoms with Crippen LogP contribution in [0.2, 0.25) is 0 Å². The summed E-state index contributed by atoms with van der Waals surface area (Å²) < 4.78 is 5.76. The first-order valence-corrected chi connectivity index (χ1v) is 7.65. The van der Waals surface area contributed by atoms with Gasteiger partial charge in [-0.25, -0.2) is 0 Å². The average molecular weight is 266 g/mol. The zero-order chi connectivity index (χ0) is 13.0. The number of unbranched alkanes of at least 4 members (excludes halogenated alkanes) is 1. The summed E-state index contributed by atoms with van der Waals surface area (Å²) in [5, 5.41) is 10.2. The van der Waals surface area contributed by atoms with Crippen molar-refractivity contribution in [2.24, 2.45) is 5.92 Å². The van der Waals surface area contributed by atoms with Crippen LogP contribution in [-0.4, -0.2) is 22.8 Å². The molecule has 1 aromatic rings. The predicted molar refractivity (Wildman–Crippen MR) is 75.7 cm³/mol. The summed E-state index contributed by atoms with van der Waals surface area (Å²) in [4.78, 5) is 1.21. The largest absolute Gasteiger partial charge is 0.393 e. The van der Waals surface area contributed by atoms with Crippen molar-refractivity contribution >= 4 is 11.8 Å². The third-order valence-electron chi connectivity index (χ3n) is 3.50. The van der Waals surface area contributed by atoms with Gasteiger partial charge in [-0.15, -0.1) is 0 Å². The molecule has 1 saturated heterocycles. The molecule has 100 valence electrons. The van der Waals surface area contributed by atoms with E-state index in [4.69, 9.17) is 4.74 Å². The van der Waals surface area contributed by atoms with E-state index in [0.717, 1.165) is 19.3 Å². The topological polar surface area (TPSA) is 29.5 Å². The van der Waals surface area contributed by atoms with Crippen LogP contribution in [-0.2, 0) is 4.74 Å². The highest BCUT2D eigenvalue weighted by molar-refractivity contribution is 7.99.